The van der Waals surface area contributed by atoms with Gasteiger partial charge in [0, 0.05) is 11.5 Å². The first-order valence-corrected chi connectivity index (χ1v) is 8.84. The Kier molecular flexibility index (Phi) is 7.41. The van der Waals surface area contributed by atoms with E-state index in [1.165, 1.54) is 0 Å². The molecule has 2 rings (SSSR count). The highest BCUT2D eigenvalue weighted by molar-refractivity contribution is 5.82. The minimum absolute atomic E-state index is 0.0184. The van der Waals surface area contributed by atoms with Crippen LogP contribution >= 0.6 is 0 Å². The number of hydrogen-bond acceptors (Lipinski definition) is 4. The molecule has 0 radical (unpaired) electrons. The molecule has 4 nitrogen and oxygen atoms in total. The number of carbonyl (C=O) groups excluding carboxylic acids is 1. The van der Waals surface area contributed by atoms with Crippen LogP contribution in [0.15, 0.2) is 54.4 Å². The van der Waals surface area contributed by atoms with Gasteiger partial charge in [0.2, 0.25) is 0 Å². The summed E-state index contributed by atoms with van der Waals surface area (Å²) in [6.07, 6.45) is -0.0184. The standard InChI is InChI=1S/C22H25FO4/c1-5-27-20(24)14-15(2)22(23)21(16-6-10-18(25-3)11-7-16)17-8-12-19(26-4)13-9-17/h6-13,15H,5,14H2,1-4H3. The van der Waals surface area contributed by atoms with E-state index in [1.807, 2.05) is 0 Å². The maximum atomic E-state index is 15.4. The van der Waals surface area contributed by atoms with Crippen molar-refractivity contribution in [2.75, 3.05) is 20.8 Å². The molecule has 1 unspecified atom stereocenters. The van der Waals surface area contributed by atoms with E-state index in [-0.39, 0.29) is 18.9 Å². The molecule has 5 heteroatoms. The quantitative estimate of drug-likeness (QED) is 0.610. The fourth-order valence-electron chi connectivity index (χ4n) is 2.76. The Morgan fingerprint density at radius 2 is 1.37 bits per heavy atom. The summed E-state index contributed by atoms with van der Waals surface area (Å²) in [7, 11) is 3.16. The van der Waals surface area contributed by atoms with Crippen molar-refractivity contribution in [1.82, 2.24) is 0 Å². The highest BCUT2D eigenvalue weighted by Gasteiger charge is 2.21. The monoisotopic (exact) mass is 372 g/mol. The third-order valence-corrected chi connectivity index (χ3v) is 4.21. The zero-order chi connectivity index (χ0) is 19.8. The lowest BCUT2D eigenvalue weighted by molar-refractivity contribution is -0.143. The van der Waals surface area contributed by atoms with Gasteiger partial charge in [-0.15, -0.1) is 0 Å². The minimum atomic E-state index is -0.608. The lowest BCUT2D eigenvalue weighted by Crippen LogP contribution is -2.11. The lowest BCUT2D eigenvalue weighted by Gasteiger charge is -2.16. The number of halogens is 1. The summed E-state index contributed by atoms with van der Waals surface area (Å²) >= 11 is 0. The summed E-state index contributed by atoms with van der Waals surface area (Å²) in [5, 5.41) is 0. The summed E-state index contributed by atoms with van der Waals surface area (Å²) in [5.41, 5.74) is 1.85. The molecule has 0 aromatic heterocycles. The highest BCUT2D eigenvalue weighted by Crippen LogP contribution is 2.34. The molecule has 0 aliphatic rings. The van der Waals surface area contributed by atoms with Crippen molar-refractivity contribution >= 4 is 11.5 Å². The summed E-state index contributed by atoms with van der Waals surface area (Å²) < 4.78 is 30.7. The van der Waals surface area contributed by atoms with Gasteiger partial charge in [-0.3, -0.25) is 4.79 Å². The van der Waals surface area contributed by atoms with Crippen LogP contribution in [0, 0.1) is 5.92 Å². The zero-order valence-electron chi connectivity index (χ0n) is 16.1. The minimum Gasteiger partial charge on any atom is -0.497 e. The number of allylic oxidation sites excluding steroid dienone is 1. The largest absolute Gasteiger partial charge is 0.497 e. The molecule has 1 atom stereocenters. The van der Waals surface area contributed by atoms with Gasteiger partial charge < -0.3 is 14.2 Å². The first kappa shape index (κ1) is 20.5. The van der Waals surface area contributed by atoms with Crippen LogP contribution in [0.25, 0.3) is 5.57 Å². The van der Waals surface area contributed by atoms with Crippen molar-refractivity contribution in [2.24, 2.45) is 5.92 Å². The maximum Gasteiger partial charge on any atom is 0.306 e. The van der Waals surface area contributed by atoms with E-state index in [0.717, 1.165) is 0 Å². The fourth-order valence-corrected chi connectivity index (χ4v) is 2.76. The first-order chi connectivity index (χ1) is 13.0. The number of hydrogen-bond donors (Lipinski definition) is 0. The summed E-state index contributed by atoms with van der Waals surface area (Å²) in [4.78, 5) is 11.8. The van der Waals surface area contributed by atoms with Crippen molar-refractivity contribution in [3.63, 3.8) is 0 Å². The van der Waals surface area contributed by atoms with Crippen molar-refractivity contribution in [3.05, 3.63) is 65.5 Å². The van der Waals surface area contributed by atoms with Gasteiger partial charge in [-0.05, 0) is 42.3 Å². The Balaban J connectivity index is 2.47. The van der Waals surface area contributed by atoms with E-state index in [2.05, 4.69) is 0 Å². The van der Waals surface area contributed by atoms with Crippen LogP contribution < -0.4 is 9.47 Å². The van der Waals surface area contributed by atoms with E-state index in [4.69, 9.17) is 14.2 Å². The summed E-state index contributed by atoms with van der Waals surface area (Å²) in [6.45, 7) is 3.69. The Morgan fingerprint density at radius 1 is 0.926 bits per heavy atom. The predicted molar refractivity (Wildman–Crippen MR) is 104 cm³/mol. The van der Waals surface area contributed by atoms with Crippen LogP contribution in [0.2, 0.25) is 0 Å². The zero-order valence-corrected chi connectivity index (χ0v) is 16.1. The van der Waals surface area contributed by atoms with Crippen LogP contribution in [0.3, 0.4) is 0 Å². The topological polar surface area (TPSA) is 44.8 Å². The first-order valence-electron chi connectivity index (χ1n) is 8.84. The molecular formula is C22H25FO4. The molecule has 0 saturated heterocycles. The van der Waals surface area contributed by atoms with Crippen molar-refractivity contribution < 1.29 is 23.4 Å². The molecule has 0 heterocycles. The second-order valence-electron chi connectivity index (χ2n) is 6.09. The maximum absolute atomic E-state index is 15.4. The van der Waals surface area contributed by atoms with E-state index in [9.17, 15) is 4.79 Å². The van der Waals surface area contributed by atoms with Gasteiger partial charge >= 0.3 is 5.97 Å². The van der Waals surface area contributed by atoms with Gasteiger partial charge in [-0.25, -0.2) is 4.39 Å². The molecule has 0 amide bonds. The highest BCUT2D eigenvalue weighted by atomic mass is 19.1. The molecular weight excluding hydrogens is 347 g/mol. The predicted octanol–water partition coefficient (Wildman–Crippen LogP) is 5.02. The number of carbonyl (C=O) groups is 1. The van der Waals surface area contributed by atoms with Gasteiger partial charge in [-0.1, -0.05) is 31.2 Å². The smallest absolute Gasteiger partial charge is 0.306 e. The normalized spacial score (nSPS) is 11.4. The van der Waals surface area contributed by atoms with Crippen LogP contribution in [0.5, 0.6) is 11.5 Å². The van der Waals surface area contributed by atoms with Gasteiger partial charge in [0.25, 0.3) is 0 Å². The lowest BCUT2D eigenvalue weighted by atomic mass is 9.92. The van der Waals surface area contributed by atoms with Crippen LogP contribution in [0.1, 0.15) is 31.4 Å². The van der Waals surface area contributed by atoms with Crippen molar-refractivity contribution in [2.45, 2.75) is 20.3 Å². The summed E-state index contributed by atoms with van der Waals surface area (Å²) in [6, 6.07) is 14.3. The van der Waals surface area contributed by atoms with E-state index < -0.39 is 11.9 Å². The summed E-state index contributed by atoms with van der Waals surface area (Å²) in [5.74, 6) is -0.00813. The number of benzene rings is 2. The molecule has 0 bridgehead atoms. The number of esters is 1. The van der Waals surface area contributed by atoms with Gasteiger partial charge in [0.15, 0.2) is 0 Å². The molecule has 27 heavy (non-hydrogen) atoms. The Bertz CT molecular complexity index is 729. The molecule has 0 aliphatic heterocycles. The second kappa shape index (κ2) is 9.76. The Morgan fingerprint density at radius 3 is 1.74 bits per heavy atom. The molecule has 144 valence electrons. The third-order valence-electron chi connectivity index (χ3n) is 4.21. The average Bonchev–Trinajstić information content (AvgIpc) is 2.69. The number of methoxy groups -OCH3 is 2. The second-order valence-corrected chi connectivity index (χ2v) is 6.09. The van der Waals surface area contributed by atoms with E-state index in [1.54, 1.807) is 76.6 Å². The number of ether oxygens (including phenoxy) is 3. The van der Waals surface area contributed by atoms with Gasteiger partial charge in [0.05, 0.1) is 27.2 Å². The molecule has 0 aliphatic carbocycles. The molecule has 0 saturated carbocycles. The van der Waals surface area contributed by atoms with E-state index >= 15 is 4.39 Å². The molecule has 0 fully saturated rings. The Labute approximate surface area is 159 Å². The SMILES string of the molecule is CCOC(=O)CC(C)C(F)=C(c1ccc(OC)cc1)c1ccc(OC)cc1. The molecule has 0 N–H and O–H groups in total. The molecule has 0 spiro atoms. The van der Waals surface area contributed by atoms with Gasteiger partial charge in [-0.2, -0.15) is 0 Å². The fraction of sp³-hybridized carbons (Fsp3) is 0.318. The third kappa shape index (κ3) is 5.33. The molecule has 2 aromatic rings. The van der Waals surface area contributed by atoms with Crippen LogP contribution in [-0.4, -0.2) is 26.8 Å². The molecule has 2 aromatic carbocycles. The number of rotatable bonds is 8. The van der Waals surface area contributed by atoms with Crippen molar-refractivity contribution in [3.8, 4) is 11.5 Å². The van der Waals surface area contributed by atoms with Gasteiger partial charge in [0.1, 0.15) is 17.3 Å². The van der Waals surface area contributed by atoms with Crippen molar-refractivity contribution in [1.29, 1.82) is 0 Å². The van der Waals surface area contributed by atoms with E-state index in [0.29, 0.717) is 28.2 Å². The average molecular weight is 372 g/mol. The van der Waals surface area contributed by atoms with Crippen LogP contribution in [-0.2, 0) is 9.53 Å². The Hall–Kier alpha value is -2.82. The van der Waals surface area contributed by atoms with Crippen LogP contribution in [0.4, 0.5) is 4.39 Å².